The van der Waals surface area contributed by atoms with Gasteiger partial charge in [0.25, 0.3) is 0 Å². The molecule has 1 aliphatic heterocycles. The van der Waals surface area contributed by atoms with Gasteiger partial charge < -0.3 is 19.3 Å². The fraction of sp³-hybridized carbons (Fsp3) is 0.607. The van der Waals surface area contributed by atoms with Crippen LogP contribution in [0.2, 0.25) is 0 Å². The molecule has 3 aromatic rings. The molecule has 0 amide bonds. The Hall–Kier alpha value is -2.45. The van der Waals surface area contributed by atoms with E-state index in [0.29, 0.717) is 36.0 Å². The largest absolute Gasteiger partial charge is 0.478 e. The second-order valence-electron chi connectivity index (χ2n) is 11.3. The molecule has 8 heteroatoms. The average molecular weight is 508 g/mol. The Labute approximate surface area is 214 Å². The standard InChI is InChI=1S/C28H33N3O4S/c1-15-9-18(27(32)33)11-23-24(15)29-28(36-23)31-13-19-10-20(31)12-22(19)34-14-21-25(16-5-3-2-4-6-16)30-35-26(21)17-7-8-17/h9,11,16-17,19-20,22H,2-8,10,12-14H2,1H3,(H,32,33)/t19-,20-,22+/m0/s1. The molecule has 4 fully saturated rings. The van der Waals surface area contributed by atoms with Gasteiger partial charge in [-0.1, -0.05) is 35.8 Å². The van der Waals surface area contributed by atoms with Crippen molar-refractivity contribution >= 4 is 32.7 Å². The number of nitrogens with zero attached hydrogens (tertiary/aromatic N) is 3. The number of hydrogen-bond donors (Lipinski definition) is 1. The molecular weight excluding hydrogens is 474 g/mol. The first kappa shape index (κ1) is 22.7. The van der Waals surface area contributed by atoms with Crippen molar-refractivity contribution in [1.82, 2.24) is 10.1 Å². The number of aryl methyl sites for hydroxylation is 1. The number of hydrogen-bond acceptors (Lipinski definition) is 7. The Balaban J connectivity index is 1.05. The number of benzene rings is 1. The van der Waals surface area contributed by atoms with Gasteiger partial charge >= 0.3 is 5.97 Å². The molecule has 1 saturated heterocycles. The van der Waals surface area contributed by atoms with E-state index in [1.54, 1.807) is 23.5 Å². The molecule has 2 bridgehead atoms. The zero-order valence-electron chi connectivity index (χ0n) is 20.7. The van der Waals surface area contributed by atoms with Gasteiger partial charge in [0.1, 0.15) is 5.76 Å². The summed E-state index contributed by atoms with van der Waals surface area (Å²) in [6, 6.07) is 3.91. The van der Waals surface area contributed by atoms with E-state index in [4.69, 9.17) is 14.2 Å². The van der Waals surface area contributed by atoms with Crippen LogP contribution in [0.3, 0.4) is 0 Å². The molecule has 1 N–H and O–H groups in total. The van der Waals surface area contributed by atoms with Crippen LogP contribution in [0.4, 0.5) is 5.13 Å². The number of ether oxygens (including phenoxy) is 1. The lowest BCUT2D eigenvalue weighted by Gasteiger charge is -2.31. The van der Waals surface area contributed by atoms with E-state index in [9.17, 15) is 9.90 Å². The van der Waals surface area contributed by atoms with Crippen LogP contribution in [0.5, 0.6) is 0 Å². The quantitative estimate of drug-likeness (QED) is 0.396. The summed E-state index contributed by atoms with van der Waals surface area (Å²) in [7, 11) is 0. The fourth-order valence-electron chi connectivity index (χ4n) is 6.81. The summed E-state index contributed by atoms with van der Waals surface area (Å²) in [4.78, 5) is 18.8. The molecular formula is C28H33N3O4S. The number of thiazole rings is 1. The molecule has 3 aliphatic carbocycles. The normalized spacial score (nSPS) is 26.4. The van der Waals surface area contributed by atoms with Crippen molar-refractivity contribution in [2.75, 3.05) is 11.4 Å². The molecule has 7 rings (SSSR count). The Morgan fingerprint density at radius 1 is 1.17 bits per heavy atom. The first-order valence-corrected chi connectivity index (χ1v) is 14.4. The zero-order chi connectivity index (χ0) is 24.4. The number of carboxylic acids is 1. The summed E-state index contributed by atoms with van der Waals surface area (Å²) in [6.07, 6.45) is 11.2. The molecule has 2 aromatic heterocycles. The highest BCUT2D eigenvalue weighted by molar-refractivity contribution is 7.22. The van der Waals surface area contributed by atoms with Gasteiger partial charge in [0.2, 0.25) is 0 Å². The summed E-state index contributed by atoms with van der Waals surface area (Å²) in [5.74, 6) is 1.80. The van der Waals surface area contributed by atoms with Crippen molar-refractivity contribution in [3.63, 3.8) is 0 Å². The molecule has 36 heavy (non-hydrogen) atoms. The Morgan fingerprint density at radius 2 is 2.00 bits per heavy atom. The first-order valence-electron chi connectivity index (χ1n) is 13.6. The zero-order valence-corrected chi connectivity index (χ0v) is 21.6. The van der Waals surface area contributed by atoms with E-state index < -0.39 is 5.97 Å². The number of fused-ring (bicyclic) bond motifs is 3. The molecule has 0 radical (unpaired) electrons. The predicted molar refractivity (Wildman–Crippen MR) is 138 cm³/mol. The van der Waals surface area contributed by atoms with Crippen molar-refractivity contribution in [2.24, 2.45) is 5.92 Å². The summed E-state index contributed by atoms with van der Waals surface area (Å²) in [5.41, 5.74) is 4.63. The number of carboxylic acid groups (broad SMARTS) is 1. The van der Waals surface area contributed by atoms with Gasteiger partial charge in [0, 0.05) is 35.9 Å². The second-order valence-corrected chi connectivity index (χ2v) is 12.4. The second kappa shape index (κ2) is 8.84. The third kappa shape index (κ3) is 3.93. The fourth-order valence-corrected chi connectivity index (χ4v) is 7.97. The van der Waals surface area contributed by atoms with Gasteiger partial charge in [-0.2, -0.15) is 0 Å². The van der Waals surface area contributed by atoms with E-state index in [-0.39, 0.29) is 6.10 Å². The molecule has 7 nitrogen and oxygen atoms in total. The molecule has 0 unspecified atom stereocenters. The summed E-state index contributed by atoms with van der Waals surface area (Å²) in [5, 5.41) is 15.0. The predicted octanol–water partition coefficient (Wildman–Crippen LogP) is 6.40. The topological polar surface area (TPSA) is 88.7 Å². The van der Waals surface area contributed by atoms with E-state index in [1.807, 2.05) is 6.92 Å². The number of anilines is 1. The number of piperidine rings is 1. The molecule has 190 valence electrons. The molecule has 1 aromatic carbocycles. The van der Waals surface area contributed by atoms with Crippen LogP contribution in [0, 0.1) is 12.8 Å². The highest BCUT2D eigenvalue weighted by atomic mass is 32.1. The van der Waals surface area contributed by atoms with E-state index in [1.165, 1.54) is 56.2 Å². The molecule has 3 atom stereocenters. The molecule has 4 aliphatic rings. The van der Waals surface area contributed by atoms with Crippen LogP contribution < -0.4 is 4.90 Å². The van der Waals surface area contributed by atoms with Crippen molar-refractivity contribution < 1.29 is 19.2 Å². The summed E-state index contributed by atoms with van der Waals surface area (Å²) >= 11 is 1.61. The van der Waals surface area contributed by atoms with E-state index >= 15 is 0 Å². The lowest BCUT2D eigenvalue weighted by molar-refractivity contribution is 0.0116. The Morgan fingerprint density at radius 3 is 2.72 bits per heavy atom. The number of aromatic carboxylic acids is 1. The third-order valence-electron chi connectivity index (χ3n) is 8.87. The highest BCUT2D eigenvalue weighted by Gasteiger charge is 2.46. The van der Waals surface area contributed by atoms with Crippen molar-refractivity contribution in [2.45, 2.75) is 95.3 Å². The van der Waals surface area contributed by atoms with Crippen molar-refractivity contribution in [3.8, 4) is 0 Å². The molecule has 3 saturated carbocycles. The van der Waals surface area contributed by atoms with Crippen LogP contribution in [-0.4, -0.2) is 39.9 Å². The van der Waals surface area contributed by atoms with Gasteiger partial charge in [-0.15, -0.1) is 0 Å². The smallest absolute Gasteiger partial charge is 0.335 e. The first-order chi connectivity index (χ1) is 17.5. The minimum atomic E-state index is -0.889. The SMILES string of the molecule is Cc1cc(C(=O)O)cc2sc(N3C[C@@H]4C[C@H]3C[C@H]4OCc3c(C4CCCCC4)noc3C3CC3)nc12. The van der Waals surface area contributed by atoms with E-state index in [0.717, 1.165) is 46.1 Å². The molecule has 3 heterocycles. The van der Waals surface area contributed by atoms with Crippen LogP contribution >= 0.6 is 11.3 Å². The highest BCUT2D eigenvalue weighted by Crippen LogP contribution is 2.47. The van der Waals surface area contributed by atoms with Crippen LogP contribution in [-0.2, 0) is 11.3 Å². The lowest BCUT2D eigenvalue weighted by atomic mass is 9.85. The maximum Gasteiger partial charge on any atom is 0.335 e. The van der Waals surface area contributed by atoms with Crippen molar-refractivity contribution in [1.29, 1.82) is 0 Å². The van der Waals surface area contributed by atoms with Crippen molar-refractivity contribution in [3.05, 3.63) is 40.3 Å². The third-order valence-corrected chi connectivity index (χ3v) is 9.91. The number of carbonyl (C=O) groups is 1. The summed E-state index contributed by atoms with van der Waals surface area (Å²) < 4.78 is 13.5. The maximum atomic E-state index is 11.5. The average Bonchev–Trinajstić information content (AvgIpc) is 3.23. The Kier molecular flexibility index (Phi) is 5.58. The lowest BCUT2D eigenvalue weighted by Crippen LogP contribution is -2.38. The summed E-state index contributed by atoms with van der Waals surface area (Å²) in [6.45, 7) is 3.53. The Bertz CT molecular complexity index is 1310. The van der Waals surface area contributed by atoms with Gasteiger partial charge in [-0.05, 0) is 63.1 Å². The maximum absolute atomic E-state index is 11.5. The van der Waals surface area contributed by atoms with Gasteiger partial charge in [-0.3, -0.25) is 0 Å². The molecule has 0 spiro atoms. The monoisotopic (exact) mass is 507 g/mol. The minimum Gasteiger partial charge on any atom is -0.478 e. The van der Waals surface area contributed by atoms with Crippen LogP contribution in [0.15, 0.2) is 16.7 Å². The van der Waals surface area contributed by atoms with Gasteiger partial charge in [-0.25, -0.2) is 9.78 Å². The van der Waals surface area contributed by atoms with E-state index in [2.05, 4.69) is 10.1 Å². The number of aromatic nitrogens is 2. The number of rotatable bonds is 7. The van der Waals surface area contributed by atoms with Gasteiger partial charge in [0.15, 0.2) is 5.13 Å². The van der Waals surface area contributed by atoms with Gasteiger partial charge in [0.05, 0.1) is 34.2 Å². The van der Waals surface area contributed by atoms with Crippen LogP contribution in [0.25, 0.3) is 10.2 Å². The van der Waals surface area contributed by atoms with Crippen LogP contribution in [0.1, 0.15) is 103 Å². The minimum absolute atomic E-state index is 0.266.